The quantitative estimate of drug-likeness (QED) is 0.637. The summed E-state index contributed by atoms with van der Waals surface area (Å²) in [7, 11) is 1.67. The van der Waals surface area contributed by atoms with E-state index in [2.05, 4.69) is 40.1 Å². The molecule has 2 aromatic rings. The molecule has 5 heteroatoms. The van der Waals surface area contributed by atoms with Crippen LogP contribution in [0.2, 0.25) is 0 Å². The molecule has 0 fully saturated rings. The van der Waals surface area contributed by atoms with Crippen LogP contribution in [0.3, 0.4) is 0 Å². The molecule has 0 radical (unpaired) electrons. The minimum Gasteiger partial charge on any atom is -0.497 e. The molecule has 112 valence electrons. The molecule has 4 nitrogen and oxygen atoms in total. The van der Waals surface area contributed by atoms with Gasteiger partial charge in [0, 0.05) is 11.4 Å². The topological polar surface area (TPSA) is 45.7 Å². The maximum atomic E-state index is 5.15. The van der Waals surface area contributed by atoms with Gasteiger partial charge in [0.25, 0.3) is 0 Å². The van der Waals surface area contributed by atoms with Gasteiger partial charge < -0.3 is 15.4 Å². The Kier molecular flexibility index (Phi) is 6.09. The summed E-state index contributed by atoms with van der Waals surface area (Å²) in [6.07, 6.45) is 0. The Morgan fingerprint density at radius 3 is 2.62 bits per heavy atom. The standard InChI is InChI=1S/C16H21N3OS/c1-3-17-16(19-12-15-5-4-10-21-15)18-11-13-6-8-14(20-2)9-7-13/h4-10H,3,11-12H2,1-2H3,(H2,17,18,19). The number of hydrogen-bond acceptors (Lipinski definition) is 3. The highest BCUT2D eigenvalue weighted by atomic mass is 32.1. The van der Waals surface area contributed by atoms with Crippen LogP contribution >= 0.6 is 11.3 Å². The van der Waals surface area contributed by atoms with Crippen molar-refractivity contribution < 1.29 is 4.74 Å². The summed E-state index contributed by atoms with van der Waals surface area (Å²) < 4.78 is 5.15. The summed E-state index contributed by atoms with van der Waals surface area (Å²) in [4.78, 5) is 5.89. The third-order valence-corrected chi connectivity index (χ3v) is 3.81. The summed E-state index contributed by atoms with van der Waals surface area (Å²) in [5.74, 6) is 1.70. The number of rotatable bonds is 6. The van der Waals surface area contributed by atoms with E-state index in [-0.39, 0.29) is 0 Å². The molecule has 0 saturated heterocycles. The van der Waals surface area contributed by atoms with Crippen molar-refractivity contribution in [2.24, 2.45) is 4.99 Å². The van der Waals surface area contributed by atoms with Crippen LogP contribution in [0.15, 0.2) is 46.8 Å². The molecule has 1 heterocycles. The fraction of sp³-hybridized carbons (Fsp3) is 0.312. The number of aliphatic imine (C=N–C) groups is 1. The van der Waals surface area contributed by atoms with Crippen LogP contribution in [0, 0.1) is 0 Å². The van der Waals surface area contributed by atoms with Gasteiger partial charge in [0.15, 0.2) is 5.96 Å². The maximum absolute atomic E-state index is 5.15. The van der Waals surface area contributed by atoms with Crippen molar-refractivity contribution >= 4 is 17.3 Å². The van der Waals surface area contributed by atoms with E-state index in [1.165, 1.54) is 4.88 Å². The number of guanidine groups is 1. The molecule has 0 bridgehead atoms. The number of hydrogen-bond donors (Lipinski definition) is 2. The largest absolute Gasteiger partial charge is 0.497 e. The molecule has 2 rings (SSSR count). The lowest BCUT2D eigenvalue weighted by Crippen LogP contribution is -2.36. The summed E-state index contributed by atoms with van der Waals surface area (Å²) in [5, 5.41) is 8.68. The van der Waals surface area contributed by atoms with Gasteiger partial charge in [-0.15, -0.1) is 11.3 Å². The number of nitrogens with one attached hydrogen (secondary N) is 2. The van der Waals surface area contributed by atoms with Gasteiger partial charge >= 0.3 is 0 Å². The van der Waals surface area contributed by atoms with Crippen LogP contribution in [0.5, 0.6) is 5.75 Å². The second-order valence-electron chi connectivity index (χ2n) is 4.48. The van der Waals surface area contributed by atoms with Crippen LogP contribution < -0.4 is 15.4 Å². The zero-order valence-electron chi connectivity index (χ0n) is 12.4. The Balaban J connectivity index is 1.92. The molecule has 0 unspecified atom stereocenters. The highest BCUT2D eigenvalue weighted by molar-refractivity contribution is 7.09. The minimum atomic E-state index is 0.643. The molecule has 0 saturated carbocycles. The van der Waals surface area contributed by atoms with Gasteiger partial charge in [-0.1, -0.05) is 18.2 Å². The van der Waals surface area contributed by atoms with Crippen molar-refractivity contribution in [3.8, 4) is 5.75 Å². The fourth-order valence-corrected chi connectivity index (χ4v) is 2.47. The minimum absolute atomic E-state index is 0.643. The van der Waals surface area contributed by atoms with E-state index in [1.807, 2.05) is 24.3 Å². The summed E-state index contributed by atoms with van der Waals surface area (Å²) in [6.45, 7) is 4.35. The first kappa shape index (κ1) is 15.4. The van der Waals surface area contributed by atoms with E-state index in [9.17, 15) is 0 Å². The van der Waals surface area contributed by atoms with Crippen LogP contribution in [-0.2, 0) is 13.1 Å². The van der Waals surface area contributed by atoms with Gasteiger partial charge in [-0.25, -0.2) is 4.99 Å². The van der Waals surface area contributed by atoms with E-state index >= 15 is 0 Å². The average molecular weight is 303 g/mol. The Bertz CT molecular complexity index is 549. The normalized spacial score (nSPS) is 11.2. The van der Waals surface area contributed by atoms with Gasteiger partial charge in [0.2, 0.25) is 0 Å². The molecule has 0 atom stereocenters. The smallest absolute Gasteiger partial charge is 0.191 e. The van der Waals surface area contributed by atoms with Crippen molar-refractivity contribution in [3.05, 3.63) is 52.2 Å². The molecule has 0 aliphatic rings. The Morgan fingerprint density at radius 1 is 1.19 bits per heavy atom. The number of methoxy groups -OCH3 is 1. The lowest BCUT2D eigenvalue weighted by Gasteiger charge is -2.10. The highest BCUT2D eigenvalue weighted by Crippen LogP contribution is 2.12. The molecule has 1 aromatic heterocycles. The molecule has 2 N–H and O–H groups in total. The van der Waals surface area contributed by atoms with Gasteiger partial charge in [-0.05, 0) is 36.1 Å². The fourth-order valence-electron chi connectivity index (χ4n) is 1.83. The monoisotopic (exact) mass is 303 g/mol. The lowest BCUT2D eigenvalue weighted by atomic mass is 10.2. The van der Waals surface area contributed by atoms with E-state index < -0.39 is 0 Å². The third-order valence-electron chi connectivity index (χ3n) is 2.93. The third kappa shape index (κ3) is 5.11. The van der Waals surface area contributed by atoms with Crippen LogP contribution in [0.4, 0.5) is 0 Å². The van der Waals surface area contributed by atoms with Crippen LogP contribution in [0.25, 0.3) is 0 Å². The number of ether oxygens (including phenoxy) is 1. The number of thiophene rings is 1. The van der Waals surface area contributed by atoms with Crippen LogP contribution in [0.1, 0.15) is 17.4 Å². The highest BCUT2D eigenvalue weighted by Gasteiger charge is 1.99. The Hall–Kier alpha value is -2.01. The van der Waals surface area contributed by atoms with Gasteiger partial charge in [0.1, 0.15) is 5.75 Å². The SMILES string of the molecule is CCNC(=NCc1ccc(OC)cc1)NCc1cccs1. The average Bonchev–Trinajstić information content (AvgIpc) is 3.04. The summed E-state index contributed by atoms with van der Waals surface area (Å²) in [6, 6.07) is 12.2. The molecule has 21 heavy (non-hydrogen) atoms. The first-order chi connectivity index (χ1) is 10.3. The van der Waals surface area contributed by atoms with Crippen molar-refractivity contribution in [1.82, 2.24) is 10.6 Å². The molecular weight excluding hydrogens is 282 g/mol. The zero-order valence-corrected chi connectivity index (χ0v) is 13.2. The predicted octanol–water partition coefficient (Wildman–Crippen LogP) is 3.01. The van der Waals surface area contributed by atoms with E-state index in [4.69, 9.17) is 4.74 Å². The van der Waals surface area contributed by atoms with Crippen LogP contribution in [-0.4, -0.2) is 19.6 Å². The summed E-state index contributed by atoms with van der Waals surface area (Å²) >= 11 is 1.74. The summed E-state index contributed by atoms with van der Waals surface area (Å²) in [5.41, 5.74) is 1.16. The molecule has 0 aliphatic carbocycles. The first-order valence-electron chi connectivity index (χ1n) is 6.99. The van der Waals surface area contributed by atoms with E-state index in [0.29, 0.717) is 6.54 Å². The van der Waals surface area contributed by atoms with Gasteiger partial charge in [-0.3, -0.25) is 0 Å². The second-order valence-corrected chi connectivity index (χ2v) is 5.51. The van der Waals surface area contributed by atoms with Crippen molar-refractivity contribution in [2.45, 2.75) is 20.0 Å². The molecule has 0 aliphatic heterocycles. The maximum Gasteiger partial charge on any atom is 0.191 e. The number of benzene rings is 1. The van der Waals surface area contributed by atoms with Crippen molar-refractivity contribution in [2.75, 3.05) is 13.7 Å². The molecule has 0 amide bonds. The van der Waals surface area contributed by atoms with E-state index in [1.54, 1.807) is 18.4 Å². The van der Waals surface area contributed by atoms with Crippen molar-refractivity contribution in [3.63, 3.8) is 0 Å². The second kappa shape index (κ2) is 8.32. The lowest BCUT2D eigenvalue weighted by molar-refractivity contribution is 0.414. The first-order valence-corrected chi connectivity index (χ1v) is 7.87. The predicted molar refractivity (Wildman–Crippen MR) is 89.0 cm³/mol. The number of nitrogens with zero attached hydrogens (tertiary/aromatic N) is 1. The molecular formula is C16H21N3OS. The Labute approximate surface area is 129 Å². The molecule has 0 spiro atoms. The van der Waals surface area contributed by atoms with E-state index in [0.717, 1.165) is 30.4 Å². The van der Waals surface area contributed by atoms with Gasteiger partial charge in [0.05, 0.1) is 20.2 Å². The van der Waals surface area contributed by atoms with Crippen molar-refractivity contribution in [1.29, 1.82) is 0 Å². The molecule has 1 aromatic carbocycles. The van der Waals surface area contributed by atoms with Gasteiger partial charge in [-0.2, -0.15) is 0 Å². The Morgan fingerprint density at radius 2 is 2.00 bits per heavy atom. The zero-order chi connectivity index (χ0) is 14.9.